The maximum absolute atomic E-state index is 5.83. The minimum atomic E-state index is -0.0598. The molecule has 2 aromatic rings. The van der Waals surface area contributed by atoms with Gasteiger partial charge in [0.05, 0.1) is 6.04 Å². The zero-order valence-electron chi connectivity index (χ0n) is 12.6. The van der Waals surface area contributed by atoms with Gasteiger partial charge in [-0.15, -0.1) is 11.3 Å². The Balaban J connectivity index is 1.71. The zero-order valence-corrected chi connectivity index (χ0v) is 13.4. The molecule has 0 bridgehead atoms. The lowest BCUT2D eigenvalue weighted by atomic mass is 9.80. The lowest BCUT2D eigenvalue weighted by Crippen LogP contribution is -2.13. The molecular formula is C15H22N4OS. The van der Waals surface area contributed by atoms with E-state index in [0.717, 1.165) is 22.4 Å². The summed E-state index contributed by atoms with van der Waals surface area (Å²) in [6.45, 7) is 4.20. The van der Waals surface area contributed by atoms with Crippen LogP contribution >= 0.6 is 11.3 Å². The summed E-state index contributed by atoms with van der Waals surface area (Å²) in [5.41, 5.74) is 6.58. The summed E-state index contributed by atoms with van der Waals surface area (Å²) >= 11 is 1.54. The van der Waals surface area contributed by atoms with E-state index in [-0.39, 0.29) is 6.04 Å². The van der Waals surface area contributed by atoms with Gasteiger partial charge in [0, 0.05) is 11.3 Å². The zero-order chi connectivity index (χ0) is 14.8. The second-order valence-electron chi connectivity index (χ2n) is 5.94. The first-order chi connectivity index (χ1) is 10.2. The largest absolute Gasteiger partial charge is 0.332 e. The molecule has 2 heterocycles. The fourth-order valence-corrected chi connectivity index (χ4v) is 3.68. The predicted molar refractivity (Wildman–Crippen MR) is 83.0 cm³/mol. The van der Waals surface area contributed by atoms with Gasteiger partial charge in [-0.25, -0.2) is 4.98 Å². The molecule has 1 atom stereocenters. The van der Waals surface area contributed by atoms with Crippen LogP contribution in [0.1, 0.15) is 68.7 Å². The normalized spacial score (nSPS) is 24.1. The molecule has 0 saturated heterocycles. The van der Waals surface area contributed by atoms with Crippen LogP contribution in [0.15, 0.2) is 9.90 Å². The van der Waals surface area contributed by atoms with E-state index in [2.05, 4.69) is 22.0 Å². The maximum atomic E-state index is 5.83. The molecule has 2 N–H and O–H groups in total. The molecule has 1 aliphatic carbocycles. The lowest BCUT2D eigenvalue weighted by Gasteiger charge is -2.25. The molecule has 1 aliphatic rings. The summed E-state index contributed by atoms with van der Waals surface area (Å²) in [6.07, 6.45) is 6.16. The molecule has 1 saturated carbocycles. The Morgan fingerprint density at radius 2 is 2.10 bits per heavy atom. The minimum Gasteiger partial charge on any atom is -0.332 e. The van der Waals surface area contributed by atoms with Crippen LogP contribution in [0.3, 0.4) is 0 Å². The molecule has 0 amide bonds. The van der Waals surface area contributed by atoms with E-state index in [1.165, 1.54) is 43.4 Å². The second-order valence-corrected chi connectivity index (χ2v) is 6.83. The van der Waals surface area contributed by atoms with Crippen molar-refractivity contribution in [2.24, 2.45) is 11.7 Å². The van der Waals surface area contributed by atoms with Gasteiger partial charge in [-0.05, 0) is 38.5 Å². The van der Waals surface area contributed by atoms with Gasteiger partial charge in [0.15, 0.2) is 5.82 Å². The summed E-state index contributed by atoms with van der Waals surface area (Å²) in [5.74, 6) is 2.68. The van der Waals surface area contributed by atoms with Crippen molar-refractivity contribution in [1.29, 1.82) is 0 Å². The molecule has 0 radical (unpaired) electrons. The van der Waals surface area contributed by atoms with E-state index in [4.69, 9.17) is 10.3 Å². The number of nitrogens with zero attached hydrogens (tertiary/aromatic N) is 3. The summed E-state index contributed by atoms with van der Waals surface area (Å²) in [5, 5.41) is 7.00. The highest BCUT2D eigenvalue weighted by atomic mass is 32.1. The Bertz CT molecular complexity index is 584. The Labute approximate surface area is 129 Å². The average molecular weight is 306 g/mol. The first-order valence-electron chi connectivity index (χ1n) is 7.72. The van der Waals surface area contributed by atoms with Crippen molar-refractivity contribution in [3.63, 3.8) is 0 Å². The highest BCUT2D eigenvalue weighted by molar-refractivity contribution is 7.10. The number of aromatic nitrogens is 3. The molecule has 6 heteroatoms. The van der Waals surface area contributed by atoms with Crippen molar-refractivity contribution in [2.45, 2.75) is 57.9 Å². The third kappa shape index (κ3) is 3.16. The predicted octanol–water partition coefficient (Wildman–Crippen LogP) is 3.90. The van der Waals surface area contributed by atoms with E-state index in [0.29, 0.717) is 11.8 Å². The molecule has 0 spiro atoms. The third-order valence-electron chi connectivity index (χ3n) is 4.36. The number of hydrogen-bond donors (Lipinski definition) is 1. The van der Waals surface area contributed by atoms with Crippen molar-refractivity contribution >= 4 is 11.3 Å². The van der Waals surface area contributed by atoms with Crippen LogP contribution in [0.25, 0.3) is 11.6 Å². The topological polar surface area (TPSA) is 77.8 Å². The average Bonchev–Trinajstić information content (AvgIpc) is 3.16. The van der Waals surface area contributed by atoms with Crippen LogP contribution in [-0.4, -0.2) is 15.1 Å². The van der Waals surface area contributed by atoms with Crippen LogP contribution in [0.5, 0.6) is 0 Å². The van der Waals surface area contributed by atoms with Crippen molar-refractivity contribution in [1.82, 2.24) is 15.1 Å². The van der Waals surface area contributed by atoms with Gasteiger partial charge in [-0.1, -0.05) is 18.5 Å². The molecule has 0 aromatic carbocycles. The standard InChI is InChI=1S/C15H22N4OS/c1-3-10-4-6-11(7-5-10)13-18-14(20-19-13)12-8-21-15(17-12)9(2)16/h8-11H,3-7,16H2,1-2H3. The SMILES string of the molecule is CCC1CCC(c2noc(-c3csc(C(C)N)n3)n2)CC1. The number of rotatable bonds is 4. The number of nitrogens with two attached hydrogens (primary N) is 1. The van der Waals surface area contributed by atoms with Crippen molar-refractivity contribution in [2.75, 3.05) is 0 Å². The highest BCUT2D eigenvalue weighted by Gasteiger charge is 2.25. The van der Waals surface area contributed by atoms with Crippen molar-refractivity contribution in [3.05, 3.63) is 16.2 Å². The molecule has 21 heavy (non-hydrogen) atoms. The molecule has 2 aromatic heterocycles. The maximum Gasteiger partial charge on any atom is 0.277 e. The lowest BCUT2D eigenvalue weighted by molar-refractivity contribution is 0.305. The quantitative estimate of drug-likeness (QED) is 0.927. The highest BCUT2D eigenvalue weighted by Crippen LogP contribution is 2.36. The monoisotopic (exact) mass is 306 g/mol. The van der Waals surface area contributed by atoms with Gasteiger partial charge in [0.2, 0.25) is 0 Å². The smallest absolute Gasteiger partial charge is 0.277 e. The number of thiazole rings is 1. The first kappa shape index (κ1) is 14.7. The van der Waals surface area contributed by atoms with E-state index in [9.17, 15) is 0 Å². The van der Waals surface area contributed by atoms with Crippen molar-refractivity contribution < 1.29 is 4.52 Å². The van der Waals surface area contributed by atoms with Crippen LogP contribution < -0.4 is 5.73 Å². The number of hydrogen-bond acceptors (Lipinski definition) is 6. The molecule has 5 nitrogen and oxygen atoms in total. The van der Waals surface area contributed by atoms with Gasteiger partial charge in [0.25, 0.3) is 5.89 Å². The van der Waals surface area contributed by atoms with E-state index in [1.807, 2.05) is 12.3 Å². The molecular weight excluding hydrogens is 284 g/mol. The fraction of sp³-hybridized carbons (Fsp3) is 0.667. The van der Waals surface area contributed by atoms with E-state index < -0.39 is 0 Å². The fourth-order valence-electron chi connectivity index (χ4n) is 2.93. The first-order valence-corrected chi connectivity index (χ1v) is 8.60. The van der Waals surface area contributed by atoms with Crippen LogP contribution in [0, 0.1) is 5.92 Å². The van der Waals surface area contributed by atoms with Crippen molar-refractivity contribution in [3.8, 4) is 11.6 Å². The Morgan fingerprint density at radius 3 is 2.71 bits per heavy atom. The Hall–Kier alpha value is -1.27. The summed E-state index contributed by atoms with van der Waals surface area (Å²) < 4.78 is 5.39. The summed E-state index contributed by atoms with van der Waals surface area (Å²) in [6, 6.07) is -0.0598. The van der Waals surface area contributed by atoms with Gasteiger partial charge in [-0.3, -0.25) is 0 Å². The van der Waals surface area contributed by atoms with Crippen LogP contribution in [-0.2, 0) is 0 Å². The molecule has 3 rings (SSSR count). The minimum absolute atomic E-state index is 0.0598. The third-order valence-corrected chi connectivity index (χ3v) is 5.41. The van der Waals surface area contributed by atoms with Crippen LogP contribution in [0.4, 0.5) is 0 Å². The van der Waals surface area contributed by atoms with Gasteiger partial charge in [-0.2, -0.15) is 4.98 Å². The molecule has 0 aliphatic heterocycles. The van der Waals surface area contributed by atoms with E-state index >= 15 is 0 Å². The van der Waals surface area contributed by atoms with Gasteiger partial charge >= 0.3 is 0 Å². The summed E-state index contributed by atoms with van der Waals surface area (Å²) in [4.78, 5) is 9.01. The summed E-state index contributed by atoms with van der Waals surface area (Å²) in [7, 11) is 0. The Morgan fingerprint density at radius 1 is 1.33 bits per heavy atom. The molecule has 114 valence electrons. The second kappa shape index (κ2) is 6.23. The molecule has 1 unspecified atom stereocenters. The van der Waals surface area contributed by atoms with Crippen LogP contribution in [0.2, 0.25) is 0 Å². The molecule has 1 fully saturated rings. The Kier molecular flexibility index (Phi) is 4.35. The van der Waals surface area contributed by atoms with Gasteiger partial charge < -0.3 is 10.3 Å². The van der Waals surface area contributed by atoms with E-state index in [1.54, 1.807) is 0 Å². The van der Waals surface area contributed by atoms with Gasteiger partial charge in [0.1, 0.15) is 10.7 Å².